The number of carbonyl (C=O) groups excluding carboxylic acids is 1. The summed E-state index contributed by atoms with van der Waals surface area (Å²) in [5.41, 5.74) is 0. The lowest BCUT2D eigenvalue weighted by atomic mass is 10.0. The fourth-order valence-corrected chi connectivity index (χ4v) is 5.11. The minimum atomic E-state index is -3.10. The molecule has 0 aromatic carbocycles. The van der Waals surface area contributed by atoms with E-state index in [1.807, 2.05) is 0 Å². The highest BCUT2D eigenvalue weighted by Crippen LogP contribution is 2.19. The highest BCUT2D eigenvalue weighted by Gasteiger charge is 2.38. The number of nitrogens with zero attached hydrogens (tertiary/aromatic N) is 1. The van der Waals surface area contributed by atoms with Crippen molar-refractivity contribution in [2.24, 2.45) is 5.92 Å². The normalized spacial score (nSPS) is 35.4. The average Bonchev–Trinajstić information content (AvgIpc) is 2.51. The maximum Gasteiger partial charge on any atom is 0.317 e. The Labute approximate surface area is 113 Å². The van der Waals surface area contributed by atoms with E-state index in [1.54, 1.807) is 4.90 Å². The standard InChI is InChI=1S/C11H19ClN2O3S/c1-8-3-2-4-14(5-8)11(15)13-10-7-18(16,17)6-9(10)12/h8-10H,2-7H2,1H3,(H,13,15). The highest BCUT2D eigenvalue weighted by atomic mass is 35.5. The van der Waals surface area contributed by atoms with Crippen LogP contribution in [0.2, 0.25) is 0 Å². The predicted molar refractivity (Wildman–Crippen MR) is 70.6 cm³/mol. The summed E-state index contributed by atoms with van der Waals surface area (Å²) in [5, 5.41) is 2.24. The second kappa shape index (κ2) is 5.25. The molecule has 3 unspecified atom stereocenters. The first kappa shape index (κ1) is 13.9. The number of halogens is 1. The Morgan fingerprint density at radius 2 is 2.11 bits per heavy atom. The van der Waals surface area contributed by atoms with Crippen LogP contribution in [-0.2, 0) is 9.84 Å². The topological polar surface area (TPSA) is 66.5 Å². The first-order chi connectivity index (χ1) is 8.37. The zero-order valence-electron chi connectivity index (χ0n) is 10.4. The molecular formula is C11H19ClN2O3S. The second-order valence-electron chi connectivity index (χ2n) is 5.34. The van der Waals surface area contributed by atoms with Gasteiger partial charge in [0.15, 0.2) is 9.84 Å². The Bertz CT molecular complexity index is 426. The molecule has 0 aromatic heterocycles. The van der Waals surface area contributed by atoms with E-state index in [-0.39, 0.29) is 17.5 Å². The highest BCUT2D eigenvalue weighted by molar-refractivity contribution is 7.91. The molecule has 0 aliphatic carbocycles. The van der Waals surface area contributed by atoms with Gasteiger partial charge in [0.1, 0.15) is 0 Å². The van der Waals surface area contributed by atoms with Crippen molar-refractivity contribution in [2.75, 3.05) is 24.6 Å². The van der Waals surface area contributed by atoms with Gasteiger partial charge >= 0.3 is 6.03 Å². The smallest absolute Gasteiger partial charge is 0.317 e. The molecule has 2 aliphatic heterocycles. The Morgan fingerprint density at radius 1 is 1.39 bits per heavy atom. The number of amides is 2. The first-order valence-electron chi connectivity index (χ1n) is 6.27. The van der Waals surface area contributed by atoms with Crippen molar-refractivity contribution < 1.29 is 13.2 Å². The fraction of sp³-hybridized carbons (Fsp3) is 0.909. The van der Waals surface area contributed by atoms with Crippen LogP contribution in [0.4, 0.5) is 4.79 Å². The van der Waals surface area contributed by atoms with Crippen LogP contribution in [-0.4, -0.2) is 55.4 Å². The number of urea groups is 1. The molecule has 104 valence electrons. The van der Waals surface area contributed by atoms with Crippen molar-refractivity contribution in [3.05, 3.63) is 0 Å². The summed E-state index contributed by atoms with van der Waals surface area (Å²) in [6.07, 6.45) is 2.14. The molecule has 0 aromatic rings. The lowest BCUT2D eigenvalue weighted by molar-refractivity contribution is 0.167. The van der Waals surface area contributed by atoms with Gasteiger partial charge in [0.05, 0.1) is 22.9 Å². The van der Waals surface area contributed by atoms with Crippen molar-refractivity contribution >= 4 is 27.5 Å². The number of nitrogens with one attached hydrogen (secondary N) is 1. The van der Waals surface area contributed by atoms with Crippen molar-refractivity contribution in [3.63, 3.8) is 0 Å². The summed E-state index contributed by atoms with van der Waals surface area (Å²) in [5.74, 6) is 0.412. The SMILES string of the molecule is CC1CCCN(C(=O)NC2CS(=O)(=O)CC2Cl)C1. The number of alkyl halides is 1. The molecule has 2 saturated heterocycles. The van der Waals surface area contributed by atoms with E-state index in [0.29, 0.717) is 5.92 Å². The molecule has 2 amide bonds. The van der Waals surface area contributed by atoms with E-state index in [1.165, 1.54) is 0 Å². The van der Waals surface area contributed by atoms with Gasteiger partial charge in [-0.25, -0.2) is 13.2 Å². The lowest BCUT2D eigenvalue weighted by Gasteiger charge is -2.32. The van der Waals surface area contributed by atoms with Crippen molar-refractivity contribution in [3.8, 4) is 0 Å². The molecule has 2 aliphatic rings. The molecular weight excluding hydrogens is 276 g/mol. The fourth-order valence-electron chi connectivity index (χ4n) is 2.56. The first-order valence-corrected chi connectivity index (χ1v) is 8.53. The van der Waals surface area contributed by atoms with Gasteiger partial charge in [-0.15, -0.1) is 11.6 Å². The Morgan fingerprint density at radius 3 is 2.67 bits per heavy atom. The maximum atomic E-state index is 12.0. The number of sulfone groups is 1. The van der Waals surface area contributed by atoms with Gasteiger partial charge in [-0.1, -0.05) is 6.92 Å². The van der Waals surface area contributed by atoms with Gasteiger partial charge in [0.2, 0.25) is 0 Å². The lowest BCUT2D eigenvalue weighted by Crippen LogP contribution is -2.50. The summed E-state index contributed by atoms with van der Waals surface area (Å²) in [4.78, 5) is 13.8. The molecule has 18 heavy (non-hydrogen) atoms. The number of piperidine rings is 1. The number of likely N-dealkylation sites (tertiary alicyclic amines) is 1. The molecule has 0 bridgehead atoms. The third kappa shape index (κ3) is 3.29. The molecule has 2 fully saturated rings. The van der Waals surface area contributed by atoms with E-state index in [2.05, 4.69) is 12.2 Å². The number of hydrogen-bond donors (Lipinski definition) is 1. The van der Waals surface area contributed by atoms with Crippen LogP contribution in [0.15, 0.2) is 0 Å². The van der Waals surface area contributed by atoms with Gasteiger partial charge in [0.25, 0.3) is 0 Å². The van der Waals surface area contributed by atoms with Gasteiger partial charge in [0, 0.05) is 13.1 Å². The third-order valence-electron chi connectivity index (χ3n) is 3.54. The molecule has 3 atom stereocenters. The number of hydrogen-bond acceptors (Lipinski definition) is 3. The Hall–Kier alpha value is -0.490. The molecule has 0 saturated carbocycles. The molecule has 0 spiro atoms. The van der Waals surface area contributed by atoms with Crippen molar-refractivity contribution in [1.29, 1.82) is 0 Å². The van der Waals surface area contributed by atoms with Crippen LogP contribution < -0.4 is 5.32 Å². The largest absolute Gasteiger partial charge is 0.333 e. The van der Waals surface area contributed by atoms with Crippen LogP contribution in [0.1, 0.15) is 19.8 Å². The summed E-state index contributed by atoms with van der Waals surface area (Å²) < 4.78 is 22.8. The van der Waals surface area contributed by atoms with Crippen LogP contribution in [0.5, 0.6) is 0 Å². The van der Waals surface area contributed by atoms with E-state index < -0.39 is 21.3 Å². The van der Waals surface area contributed by atoms with Gasteiger partial charge in [-0.2, -0.15) is 0 Å². The number of carbonyl (C=O) groups is 1. The Kier molecular flexibility index (Phi) is 4.06. The minimum absolute atomic E-state index is 0.0453. The van der Waals surface area contributed by atoms with E-state index in [4.69, 9.17) is 11.6 Å². The monoisotopic (exact) mass is 294 g/mol. The van der Waals surface area contributed by atoms with E-state index >= 15 is 0 Å². The van der Waals surface area contributed by atoms with E-state index in [9.17, 15) is 13.2 Å². The zero-order valence-corrected chi connectivity index (χ0v) is 12.0. The van der Waals surface area contributed by atoms with Gasteiger partial charge < -0.3 is 10.2 Å². The average molecular weight is 295 g/mol. The van der Waals surface area contributed by atoms with E-state index in [0.717, 1.165) is 25.9 Å². The van der Waals surface area contributed by atoms with Crippen molar-refractivity contribution in [2.45, 2.75) is 31.2 Å². The quantitative estimate of drug-likeness (QED) is 0.729. The molecule has 1 N–H and O–H groups in total. The predicted octanol–water partition coefficient (Wildman–Crippen LogP) is 0.832. The van der Waals surface area contributed by atoms with Crippen molar-refractivity contribution in [1.82, 2.24) is 10.2 Å². The summed E-state index contributed by atoms with van der Waals surface area (Å²) in [7, 11) is -3.10. The van der Waals surface area contributed by atoms with Crippen LogP contribution in [0.25, 0.3) is 0 Å². The number of rotatable bonds is 1. The molecule has 7 heteroatoms. The van der Waals surface area contributed by atoms with Crippen LogP contribution >= 0.6 is 11.6 Å². The second-order valence-corrected chi connectivity index (χ2v) is 8.06. The zero-order chi connectivity index (χ0) is 13.3. The summed E-state index contributed by atoms with van der Waals surface area (Å²) in [6.45, 7) is 3.59. The van der Waals surface area contributed by atoms with Crippen LogP contribution in [0.3, 0.4) is 0 Å². The summed E-state index contributed by atoms with van der Waals surface area (Å²) in [6, 6.07) is -0.643. The third-order valence-corrected chi connectivity index (χ3v) is 5.91. The maximum absolute atomic E-state index is 12.0. The Balaban J connectivity index is 1.91. The van der Waals surface area contributed by atoms with Gasteiger partial charge in [-0.05, 0) is 18.8 Å². The molecule has 5 nitrogen and oxygen atoms in total. The van der Waals surface area contributed by atoms with Crippen LogP contribution in [0, 0.1) is 5.92 Å². The molecule has 2 heterocycles. The molecule has 0 radical (unpaired) electrons. The molecule has 2 rings (SSSR count). The minimum Gasteiger partial charge on any atom is -0.333 e. The van der Waals surface area contributed by atoms with Gasteiger partial charge in [-0.3, -0.25) is 0 Å². The summed E-state index contributed by atoms with van der Waals surface area (Å²) >= 11 is 5.96.